The Kier molecular flexibility index (Phi) is 6.75. The summed E-state index contributed by atoms with van der Waals surface area (Å²) in [6.07, 6.45) is 5.96. The lowest BCUT2D eigenvalue weighted by molar-refractivity contribution is -0.152. The zero-order valence-corrected chi connectivity index (χ0v) is 19.3. The highest BCUT2D eigenvalue weighted by Gasteiger charge is 2.56. The molecule has 2 unspecified atom stereocenters. The van der Waals surface area contributed by atoms with E-state index >= 15 is 0 Å². The number of nitrogens with zero attached hydrogens (tertiary/aromatic N) is 6. The van der Waals surface area contributed by atoms with Crippen molar-refractivity contribution in [3.8, 4) is 0 Å². The number of aliphatic carboxylic acids is 1. The average molecular weight is 509 g/mol. The number of amides is 2. The Morgan fingerprint density at radius 3 is 2.91 bits per heavy atom. The second-order valence-corrected chi connectivity index (χ2v) is 9.58. The van der Waals surface area contributed by atoms with Crippen LogP contribution in [-0.4, -0.2) is 76.4 Å². The van der Waals surface area contributed by atoms with Crippen LogP contribution in [0.4, 0.5) is 5.13 Å². The van der Waals surface area contributed by atoms with Crippen molar-refractivity contribution in [1.29, 1.82) is 0 Å². The number of carboxylic acid groups (broad SMARTS) is 1. The Morgan fingerprint density at radius 1 is 1.45 bits per heavy atom. The van der Waals surface area contributed by atoms with Crippen LogP contribution in [0.2, 0.25) is 0 Å². The van der Waals surface area contributed by atoms with E-state index in [0.717, 1.165) is 23.3 Å². The van der Waals surface area contributed by atoms with Gasteiger partial charge in [0.1, 0.15) is 17.8 Å². The molecule has 16 heteroatoms. The Morgan fingerprint density at radius 2 is 2.27 bits per heavy atom. The molecule has 172 valence electrons. The maximum atomic E-state index is 13.1. The summed E-state index contributed by atoms with van der Waals surface area (Å²) in [4.78, 5) is 55.8. The molecule has 0 bridgehead atoms. The summed E-state index contributed by atoms with van der Waals surface area (Å²) in [6.45, 7) is 0. The molecular weight excluding hydrogens is 492 g/mol. The molecule has 1 saturated heterocycles. The van der Waals surface area contributed by atoms with Gasteiger partial charge >= 0.3 is 5.97 Å². The number of oxime groups is 1. The molecule has 33 heavy (non-hydrogen) atoms. The van der Waals surface area contributed by atoms with Gasteiger partial charge in [0.25, 0.3) is 5.91 Å². The first-order chi connectivity index (χ1) is 15.9. The number of carboxylic acids is 1. The predicted molar refractivity (Wildman–Crippen MR) is 120 cm³/mol. The monoisotopic (exact) mass is 508 g/mol. The molecule has 2 aliphatic rings. The second-order valence-electron chi connectivity index (χ2n) is 6.49. The van der Waals surface area contributed by atoms with E-state index in [1.54, 1.807) is 0 Å². The van der Waals surface area contributed by atoms with Crippen LogP contribution in [0.25, 0.3) is 0 Å². The number of β-lactam (4-membered cyclic amide) rings is 1. The number of nitrogens with two attached hydrogens (primary N) is 1. The first kappa shape index (κ1) is 22.9. The molecule has 4 N–H and O–H groups in total. The first-order valence-corrected chi connectivity index (χ1v) is 11.9. The van der Waals surface area contributed by atoms with Crippen LogP contribution in [-0.2, 0) is 19.2 Å². The summed E-state index contributed by atoms with van der Waals surface area (Å²) in [5.41, 5.74) is 5.32. The van der Waals surface area contributed by atoms with E-state index in [-0.39, 0.29) is 22.4 Å². The quantitative estimate of drug-likeness (QED) is 0.143. The summed E-state index contributed by atoms with van der Waals surface area (Å²) >= 11 is 3.40. The molecule has 2 aliphatic heterocycles. The molecule has 13 nitrogen and oxygen atoms in total. The van der Waals surface area contributed by atoms with E-state index in [1.807, 2.05) is 0 Å². The van der Waals surface area contributed by atoms with Crippen molar-refractivity contribution < 1.29 is 24.3 Å². The molecule has 2 aromatic heterocycles. The van der Waals surface area contributed by atoms with Gasteiger partial charge in [-0.1, -0.05) is 16.9 Å². The molecule has 0 aliphatic carbocycles. The average Bonchev–Trinajstić information content (AvgIpc) is 3.22. The van der Waals surface area contributed by atoms with Gasteiger partial charge in [-0.15, -0.1) is 11.8 Å². The van der Waals surface area contributed by atoms with Crippen LogP contribution < -0.4 is 11.1 Å². The molecule has 2 amide bonds. The number of nitrogens with one attached hydrogen (secondary N) is 1. The zero-order valence-electron chi connectivity index (χ0n) is 16.8. The number of rotatable bonds is 8. The minimum atomic E-state index is -1.18. The van der Waals surface area contributed by atoms with Crippen LogP contribution in [0.1, 0.15) is 5.82 Å². The van der Waals surface area contributed by atoms with Crippen LogP contribution in [0, 0.1) is 5.92 Å². The fourth-order valence-corrected chi connectivity index (χ4v) is 6.10. The van der Waals surface area contributed by atoms with Crippen molar-refractivity contribution in [1.82, 2.24) is 29.5 Å². The molecule has 3 atom stereocenters. The zero-order chi connectivity index (χ0) is 23.5. The Labute approximate surface area is 199 Å². The molecular formula is C17H16N8O5S3. The van der Waals surface area contributed by atoms with E-state index in [0.29, 0.717) is 10.8 Å². The Hall–Kier alpha value is -3.24. The first-order valence-electron chi connectivity index (χ1n) is 9.23. The van der Waals surface area contributed by atoms with Crippen LogP contribution in [0.3, 0.4) is 0 Å². The summed E-state index contributed by atoms with van der Waals surface area (Å²) in [6, 6.07) is 0. The Bertz CT molecular complexity index is 1140. The summed E-state index contributed by atoms with van der Waals surface area (Å²) in [7, 11) is 1.26. The second kappa shape index (κ2) is 9.72. The van der Waals surface area contributed by atoms with Gasteiger partial charge in [-0.2, -0.15) is 9.36 Å². The summed E-state index contributed by atoms with van der Waals surface area (Å²) in [5, 5.41) is 15.2. The highest BCUT2D eigenvalue weighted by molar-refractivity contribution is 8.01. The van der Waals surface area contributed by atoms with Crippen LogP contribution in [0.5, 0.6) is 0 Å². The third-order valence-corrected chi connectivity index (χ3v) is 7.41. The molecule has 1 fully saturated rings. The van der Waals surface area contributed by atoms with E-state index in [4.69, 9.17) is 10.6 Å². The van der Waals surface area contributed by atoms with E-state index in [9.17, 15) is 19.5 Å². The minimum Gasteiger partial charge on any atom is -0.477 e. The molecule has 2 aromatic rings. The van der Waals surface area contributed by atoms with E-state index in [1.165, 1.54) is 48.4 Å². The molecule has 4 heterocycles. The molecule has 0 spiro atoms. The fourth-order valence-electron chi connectivity index (χ4n) is 3.19. The van der Waals surface area contributed by atoms with Gasteiger partial charge in [0, 0.05) is 29.7 Å². The number of thioether (sulfide) groups is 2. The van der Waals surface area contributed by atoms with Crippen LogP contribution in [0.15, 0.2) is 40.5 Å². The highest BCUT2D eigenvalue weighted by Crippen LogP contribution is 2.45. The fraction of sp³-hybridized carbons (Fsp3) is 0.294. The maximum absolute atomic E-state index is 13.1. The van der Waals surface area contributed by atoms with Crippen molar-refractivity contribution in [2.45, 2.75) is 15.8 Å². The molecule has 4 rings (SSSR count). The van der Waals surface area contributed by atoms with Gasteiger partial charge in [0.2, 0.25) is 17.4 Å². The number of hydrogen-bond donors (Lipinski definition) is 3. The summed E-state index contributed by atoms with van der Waals surface area (Å²) in [5.74, 6) is -2.64. The topological polar surface area (TPSA) is 186 Å². The number of carbonyl (C=O) groups is 3. The third-order valence-electron chi connectivity index (χ3n) is 4.54. The van der Waals surface area contributed by atoms with Gasteiger partial charge in [-0.25, -0.2) is 9.78 Å². The van der Waals surface area contributed by atoms with Crippen LogP contribution >= 0.6 is 35.1 Å². The van der Waals surface area contributed by atoms with Gasteiger partial charge in [0.05, 0.1) is 22.9 Å². The SMILES string of the molecule is CON=C(C(=O)NC(Sc1cnccn1)C1C(=O)N2C(C(=O)O)=CCS[C@@H]12)c1nsc(N)n1. The minimum absolute atomic E-state index is 0.0233. The standard InChI is InChI=1S/C17H16N8O5S3/c1-30-23-10(11-21-17(18)33-24-11)12(26)22-13(32-8-6-19-3-4-20-8)9-14(27)25-7(16(28)29)2-5-31-15(9)25/h2-4,6,9,13,15H,5H2,1H3,(H,22,26)(H,28,29)(H2,18,21,24)/t9?,13?,15-/m0/s1. The molecule has 0 radical (unpaired) electrons. The number of fused-ring (bicyclic) bond motifs is 1. The highest BCUT2D eigenvalue weighted by atomic mass is 32.2. The van der Waals surface area contributed by atoms with Gasteiger partial charge < -0.3 is 21.0 Å². The van der Waals surface area contributed by atoms with Gasteiger partial charge in [-0.05, 0) is 6.08 Å². The number of nitrogen functional groups attached to an aromatic ring is 1. The van der Waals surface area contributed by atoms with E-state index in [2.05, 4.69) is 29.8 Å². The summed E-state index contributed by atoms with van der Waals surface area (Å²) < 4.78 is 3.99. The van der Waals surface area contributed by atoms with Crippen molar-refractivity contribution >= 4 is 63.7 Å². The maximum Gasteiger partial charge on any atom is 0.352 e. The largest absolute Gasteiger partial charge is 0.477 e. The van der Waals surface area contributed by atoms with Crippen molar-refractivity contribution in [2.75, 3.05) is 18.6 Å². The predicted octanol–water partition coefficient (Wildman–Crippen LogP) is -0.00480. The van der Waals surface area contributed by atoms with Crippen molar-refractivity contribution in [2.24, 2.45) is 11.1 Å². The van der Waals surface area contributed by atoms with Crippen molar-refractivity contribution in [3.63, 3.8) is 0 Å². The smallest absolute Gasteiger partial charge is 0.352 e. The number of carbonyl (C=O) groups excluding carboxylic acids is 2. The number of aromatic nitrogens is 4. The van der Waals surface area contributed by atoms with Gasteiger partial charge in [0.15, 0.2) is 5.13 Å². The molecule has 0 aromatic carbocycles. The lowest BCUT2D eigenvalue weighted by Crippen LogP contribution is -2.66. The third kappa shape index (κ3) is 4.62. The lowest BCUT2D eigenvalue weighted by Gasteiger charge is -2.50. The molecule has 0 saturated carbocycles. The Balaban J connectivity index is 1.61. The number of hydrogen-bond acceptors (Lipinski definition) is 13. The van der Waals surface area contributed by atoms with E-state index < -0.39 is 34.4 Å². The normalized spacial score (nSPS) is 20.9. The van der Waals surface area contributed by atoms with Gasteiger partial charge in [-0.3, -0.25) is 19.5 Å². The number of anilines is 1. The lowest BCUT2D eigenvalue weighted by atomic mass is 9.96. The van der Waals surface area contributed by atoms with Crippen molar-refractivity contribution in [3.05, 3.63) is 36.2 Å².